The van der Waals surface area contributed by atoms with Gasteiger partial charge in [-0.2, -0.15) is 10.2 Å². The second-order valence-electron chi connectivity index (χ2n) is 5.98. The van der Waals surface area contributed by atoms with Crippen molar-refractivity contribution < 1.29 is 0 Å². The lowest BCUT2D eigenvalue weighted by Gasteiger charge is -2.15. The number of hydrogen-bond acceptors (Lipinski definition) is 4. The fourth-order valence-electron chi connectivity index (χ4n) is 3.27. The third-order valence-corrected chi connectivity index (χ3v) is 4.37. The van der Waals surface area contributed by atoms with E-state index >= 15 is 0 Å². The van der Waals surface area contributed by atoms with Crippen molar-refractivity contribution in [2.24, 2.45) is 12.9 Å². The molecule has 114 valence electrons. The van der Waals surface area contributed by atoms with Crippen LogP contribution >= 0.6 is 0 Å². The van der Waals surface area contributed by atoms with Crippen LogP contribution in [0.2, 0.25) is 0 Å². The third kappa shape index (κ3) is 3.01. The zero-order chi connectivity index (χ0) is 14.8. The fourth-order valence-corrected chi connectivity index (χ4v) is 3.27. The van der Waals surface area contributed by atoms with Crippen molar-refractivity contribution in [1.82, 2.24) is 25.0 Å². The Labute approximate surface area is 125 Å². The second kappa shape index (κ2) is 5.99. The molecule has 2 heterocycles. The Hall–Kier alpha value is -1.66. The highest BCUT2D eigenvalue weighted by molar-refractivity contribution is 5.16. The molecule has 6 heteroatoms. The molecule has 0 aliphatic heterocycles. The molecule has 0 spiro atoms. The first-order chi connectivity index (χ1) is 10.2. The van der Waals surface area contributed by atoms with E-state index in [4.69, 9.17) is 10.9 Å². The first-order valence-electron chi connectivity index (χ1n) is 7.68. The van der Waals surface area contributed by atoms with Crippen molar-refractivity contribution >= 4 is 0 Å². The van der Waals surface area contributed by atoms with Crippen molar-refractivity contribution in [1.29, 1.82) is 0 Å². The van der Waals surface area contributed by atoms with Crippen molar-refractivity contribution in [3.05, 3.63) is 35.4 Å². The molecule has 2 aromatic heterocycles. The van der Waals surface area contributed by atoms with E-state index in [1.807, 2.05) is 18.7 Å². The molecule has 0 amide bonds. The van der Waals surface area contributed by atoms with E-state index in [2.05, 4.69) is 33.5 Å². The van der Waals surface area contributed by atoms with Gasteiger partial charge in [-0.25, -0.2) is 0 Å². The summed E-state index contributed by atoms with van der Waals surface area (Å²) < 4.78 is 4.01. The summed E-state index contributed by atoms with van der Waals surface area (Å²) in [7, 11) is 1.95. The number of aromatic nitrogens is 4. The van der Waals surface area contributed by atoms with Crippen molar-refractivity contribution in [2.45, 2.75) is 51.1 Å². The maximum Gasteiger partial charge on any atom is 0.0685 e. The summed E-state index contributed by atoms with van der Waals surface area (Å²) in [5.41, 5.74) is 6.05. The van der Waals surface area contributed by atoms with Gasteiger partial charge in [0.1, 0.15) is 0 Å². The Morgan fingerprint density at radius 3 is 2.76 bits per heavy atom. The van der Waals surface area contributed by atoms with Crippen LogP contribution in [0.4, 0.5) is 0 Å². The van der Waals surface area contributed by atoms with Crippen molar-refractivity contribution in [3.63, 3.8) is 0 Å². The molecule has 3 rings (SSSR count). The highest BCUT2D eigenvalue weighted by atomic mass is 15.3. The van der Waals surface area contributed by atoms with Crippen LogP contribution in [0.1, 0.15) is 54.8 Å². The van der Waals surface area contributed by atoms with Gasteiger partial charge in [0.25, 0.3) is 0 Å². The van der Waals surface area contributed by atoms with Gasteiger partial charge in [-0.05, 0) is 31.9 Å². The van der Waals surface area contributed by atoms with E-state index in [1.165, 1.54) is 25.7 Å². The molecule has 1 unspecified atom stereocenters. The average Bonchev–Trinajstić information content (AvgIpc) is 3.16. The van der Waals surface area contributed by atoms with Gasteiger partial charge in [-0.1, -0.05) is 12.8 Å². The number of hydrogen-bond donors (Lipinski definition) is 2. The zero-order valence-electron chi connectivity index (χ0n) is 12.8. The summed E-state index contributed by atoms with van der Waals surface area (Å²) in [5, 5.41) is 9.12. The van der Waals surface area contributed by atoms with E-state index in [9.17, 15) is 0 Å². The van der Waals surface area contributed by atoms with Gasteiger partial charge < -0.3 is 0 Å². The molecular formula is C15H24N6. The lowest BCUT2D eigenvalue weighted by Crippen LogP contribution is -2.31. The molecule has 1 aliphatic carbocycles. The Bertz CT molecular complexity index is 593. The molecule has 21 heavy (non-hydrogen) atoms. The largest absolute Gasteiger partial charge is 0.271 e. The minimum Gasteiger partial charge on any atom is -0.271 e. The van der Waals surface area contributed by atoms with Gasteiger partial charge >= 0.3 is 0 Å². The van der Waals surface area contributed by atoms with Gasteiger partial charge in [-0.15, -0.1) is 0 Å². The van der Waals surface area contributed by atoms with Gasteiger partial charge in [0.2, 0.25) is 0 Å². The fraction of sp³-hybridized carbons (Fsp3) is 0.600. The Morgan fingerprint density at radius 2 is 2.14 bits per heavy atom. The molecule has 0 saturated heterocycles. The van der Waals surface area contributed by atoms with Gasteiger partial charge in [-0.3, -0.25) is 20.6 Å². The molecule has 2 aromatic rings. The van der Waals surface area contributed by atoms with Gasteiger partial charge in [0.15, 0.2) is 0 Å². The predicted molar refractivity (Wildman–Crippen MR) is 81.4 cm³/mol. The number of aryl methyl sites for hydroxylation is 2. The van der Waals surface area contributed by atoms with Gasteiger partial charge in [0.05, 0.1) is 29.2 Å². The average molecular weight is 288 g/mol. The number of nitrogens with zero attached hydrogens (tertiary/aromatic N) is 4. The maximum atomic E-state index is 5.73. The quantitative estimate of drug-likeness (QED) is 0.650. The minimum atomic E-state index is 0.0307. The number of hydrazine groups is 1. The molecule has 1 atom stereocenters. The normalized spacial score (nSPS) is 17.5. The number of nitrogens with two attached hydrogens (primary N) is 1. The van der Waals surface area contributed by atoms with Crippen LogP contribution in [0.5, 0.6) is 0 Å². The Balaban J connectivity index is 1.73. The number of nitrogens with one attached hydrogen (secondary N) is 1. The van der Waals surface area contributed by atoms with Crippen LogP contribution in [0.3, 0.4) is 0 Å². The maximum absolute atomic E-state index is 5.73. The lowest BCUT2D eigenvalue weighted by molar-refractivity contribution is 0.453. The molecule has 0 aromatic carbocycles. The third-order valence-electron chi connectivity index (χ3n) is 4.37. The molecule has 3 N–H and O–H groups in total. The summed E-state index contributed by atoms with van der Waals surface area (Å²) in [4.78, 5) is 0. The van der Waals surface area contributed by atoms with Crippen LogP contribution in [0, 0.1) is 6.92 Å². The molecule has 1 fully saturated rings. The summed E-state index contributed by atoms with van der Waals surface area (Å²) >= 11 is 0. The van der Waals surface area contributed by atoms with E-state index in [0.717, 1.165) is 23.5 Å². The van der Waals surface area contributed by atoms with Crippen LogP contribution in [0.15, 0.2) is 18.3 Å². The van der Waals surface area contributed by atoms with Crippen LogP contribution < -0.4 is 11.3 Å². The van der Waals surface area contributed by atoms with E-state index in [0.29, 0.717) is 6.04 Å². The second-order valence-corrected chi connectivity index (χ2v) is 5.98. The highest BCUT2D eigenvalue weighted by Crippen LogP contribution is 2.29. The van der Waals surface area contributed by atoms with Gasteiger partial charge in [0, 0.05) is 19.7 Å². The van der Waals surface area contributed by atoms with Crippen LogP contribution in [0.25, 0.3) is 0 Å². The molecule has 0 radical (unpaired) electrons. The summed E-state index contributed by atoms with van der Waals surface area (Å²) in [6.07, 6.45) is 8.02. The molecular weight excluding hydrogens is 264 g/mol. The standard InChI is InChI=1S/C15H24N6/c1-11-9-15(20(2)18-11)14(17-16)10-12-7-8-21(19-12)13-5-3-4-6-13/h7-9,13-14,17H,3-6,10,16H2,1-2H3. The minimum absolute atomic E-state index is 0.0307. The molecule has 0 bridgehead atoms. The first kappa shape index (κ1) is 14.3. The van der Waals surface area contributed by atoms with E-state index in [1.54, 1.807) is 0 Å². The predicted octanol–water partition coefficient (Wildman–Crippen LogP) is 1.79. The SMILES string of the molecule is Cc1cc(C(Cc2ccn(C3CCCC3)n2)NN)n(C)n1. The smallest absolute Gasteiger partial charge is 0.0685 e. The van der Waals surface area contributed by atoms with Crippen molar-refractivity contribution in [2.75, 3.05) is 0 Å². The van der Waals surface area contributed by atoms with Crippen LogP contribution in [-0.2, 0) is 13.5 Å². The van der Waals surface area contributed by atoms with E-state index in [-0.39, 0.29) is 6.04 Å². The Morgan fingerprint density at radius 1 is 1.38 bits per heavy atom. The highest BCUT2D eigenvalue weighted by Gasteiger charge is 2.20. The number of rotatable bonds is 5. The lowest BCUT2D eigenvalue weighted by atomic mass is 10.1. The summed E-state index contributed by atoms with van der Waals surface area (Å²) in [5.74, 6) is 5.73. The van der Waals surface area contributed by atoms with Crippen molar-refractivity contribution in [3.8, 4) is 0 Å². The molecule has 6 nitrogen and oxygen atoms in total. The monoisotopic (exact) mass is 288 g/mol. The summed E-state index contributed by atoms with van der Waals surface area (Å²) in [6, 6.07) is 4.79. The first-order valence-corrected chi connectivity index (χ1v) is 7.68. The Kier molecular flexibility index (Phi) is 4.07. The molecule has 1 saturated carbocycles. The van der Waals surface area contributed by atoms with Crippen LogP contribution in [-0.4, -0.2) is 19.6 Å². The topological polar surface area (TPSA) is 73.7 Å². The molecule has 1 aliphatic rings. The van der Waals surface area contributed by atoms with E-state index < -0.39 is 0 Å². The summed E-state index contributed by atoms with van der Waals surface area (Å²) in [6.45, 7) is 1.99. The zero-order valence-corrected chi connectivity index (χ0v) is 12.8.